The van der Waals surface area contributed by atoms with Crippen molar-refractivity contribution < 1.29 is 9.72 Å². The zero-order valence-electron chi connectivity index (χ0n) is 11.3. The molecule has 0 unspecified atom stereocenters. The van der Waals surface area contributed by atoms with Crippen molar-refractivity contribution in [2.75, 3.05) is 12.3 Å². The highest BCUT2D eigenvalue weighted by atomic mass is 16.6. The molecule has 0 bridgehead atoms. The van der Waals surface area contributed by atoms with Gasteiger partial charge in [0.1, 0.15) is 5.56 Å². The van der Waals surface area contributed by atoms with E-state index in [1.165, 1.54) is 18.2 Å². The molecule has 0 saturated heterocycles. The molecule has 2 aromatic rings. The topological polar surface area (TPSA) is 98.3 Å². The summed E-state index contributed by atoms with van der Waals surface area (Å²) in [6.45, 7) is 0.398. The maximum absolute atomic E-state index is 12.0. The van der Waals surface area contributed by atoms with Crippen LogP contribution in [0.1, 0.15) is 15.9 Å². The lowest BCUT2D eigenvalue weighted by atomic mass is 10.1. The summed E-state index contributed by atoms with van der Waals surface area (Å²) < 4.78 is 0. The molecule has 0 aromatic heterocycles. The van der Waals surface area contributed by atoms with Crippen molar-refractivity contribution in [1.82, 2.24) is 5.32 Å². The van der Waals surface area contributed by atoms with Crippen LogP contribution in [0.4, 0.5) is 11.4 Å². The van der Waals surface area contributed by atoms with Crippen LogP contribution in [0.25, 0.3) is 0 Å². The second kappa shape index (κ2) is 6.51. The van der Waals surface area contributed by atoms with Gasteiger partial charge in [0.25, 0.3) is 11.6 Å². The van der Waals surface area contributed by atoms with E-state index in [2.05, 4.69) is 5.32 Å². The molecule has 0 fully saturated rings. The minimum Gasteiger partial charge on any atom is -0.399 e. The van der Waals surface area contributed by atoms with Crippen LogP contribution in [0.15, 0.2) is 48.5 Å². The van der Waals surface area contributed by atoms with Gasteiger partial charge in [-0.2, -0.15) is 0 Å². The number of amides is 1. The molecule has 3 N–H and O–H groups in total. The average Bonchev–Trinajstić information content (AvgIpc) is 2.47. The maximum atomic E-state index is 12.0. The summed E-state index contributed by atoms with van der Waals surface area (Å²) in [5, 5.41) is 13.6. The molecule has 2 rings (SSSR count). The number of hydrogen-bond donors (Lipinski definition) is 2. The molecule has 21 heavy (non-hydrogen) atoms. The second-order valence-electron chi connectivity index (χ2n) is 4.53. The number of nitrogens with two attached hydrogens (primary N) is 1. The number of benzene rings is 2. The monoisotopic (exact) mass is 285 g/mol. The third-order valence-electron chi connectivity index (χ3n) is 3.00. The van der Waals surface area contributed by atoms with Crippen molar-refractivity contribution in [2.24, 2.45) is 0 Å². The van der Waals surface area contributed by atoms with Crippen LogP contribution in [-0.4, -0.2) is 17.4 Å². The minimum atomic E-state index is -0.592. The van der Waals surface area contributed by atoms with Gasteiger partial charge in [0.05, 0.1) is 4.92 Å². The zero-order chi connectivity index (χ0) is 15.2. The van der Waals surface area contributed by atoms with Crippen LogP contribution >= 0.6 is 0 Å². The SMILES string of the molecule is Nc1ccc([N+](=O)[O-])c(C(=O)NCCc2ccccc2)c1. The van der Waals surface area contributed by atoms with Gasteiger partial charge in [0, 0.05) is 18.3 Å². The van der Waals surface area contributed by atoms with Gasteiger partial charge in [0.15, 0.2) is 0 Å². The number of rotatable bonds is 5. The summed E-state index contributed by atoms with van der Waals surface area (Å²) in [6, 6.07) is 13.6. The van der Waals surface area contributed by atoms with Gasteiger partial charge in [-0.15, -0.1) is 0 Å². The van der Waals surface area contributed by atoms with E-state index in [-0.39, 0.29) is 11.3 Å². The highest BCUT2D eigenvalue weighted by Gasteiger charge is 2.19. The van der Waals surface area contributed by atoms with Crippen LogP contribution in [0.3, 0.4) is 0 Å². The van der Waals surface area contributed by atoms with Gasteiger partial charge in [-0.25, -0.2) is 0 Å². The molecular weight excluding hydrogens is 270 g/mol. The highest BCUT2D eigenvalue weighted by Crippen LogP contribution is 2.20. The number of nitro groups is 1. The van der Waals surface area contributed by atoms with E-state index in [1.807, 2.05) is 30.3 Å². The van der Waals surface area contributed by atoms with E-state index in [4.69, 9.17) is 5.73 Å². The van der Waals surface area contributed by atoms with Crippen molar-refractivity contribution in [3.8, 4) is 0 Å². The third-order valence-corrected chi connectivity index (χ3v) is 3.00. The van der Waals surface area contributed by atoms with Crippen molar-refractivity contribution in [3.05, 3.63) is 69.8 Å². The van der Waals surface area contributed by atoms with Gasteiger partial charge in [-0.3, -0.25) is 14.9 Å². The van der Waals surface area contributed by atoms with Crippen LogP contribution in [0, 0.1) is 10.1 Å². The fraction of sp³-hybridized carbons (Fsp3) is 0.133. The van der Waals surface area contributed by atoms with Gasteiger partial charge >= 0.3 is 0 Å². The number of carbonyl (C=O) groups is 1. The van der Waals surface area contributed by atoms with E-state index < -0.39 is 10.8 Å². The number of anilines is 1. The molecule has 1 amide bonds. The molecule has 0 aliphatic carbocycles. The summed E-state index contributed by atoms with van der Waals surface area (Å²) in [5.41, 5.74) is 6.71. The smallest absolute Gasteiger partial charge is 0.282 e. The number of hydrogen-bond acceptors (Lipinski definition) is 4. The van der Waals surface area contributed by atoms with Crippen molar-refractivity contribution in [2.45, 2.75) is 6.42 Å². The quantitative estimate of drug-likeness (QED) is 0.499. The standard InChI is InChI=1S/C15H15N3O3/c16-12-6-7-14(18(20)21)13(10-12)15(19)17-9-8-11-4-2-1-3-5-11/h1-7,10H,8-9,16H2,(H,17,19). The Morgan fingerprint density at radius 2 is 1.90 bits per heavy atom. The molecule has 0 aliphatic heterocycles. The first-order valence-electron chi connectivity index (χ1n) is 6.44. The van der Waals surface area contributed by atoms with Crippen molar-refractivity contribution in [3.63, 3.8) is 0 Å². The number of nitrogens with one attached hydrogen (secondary N) is 1. The molecule has 0 aliphatic rings. The first-order chi connectivity index (χ1) is 10.1. The Hall–Kier alpha value is -2.89. The molecule has 0 heterocycles. The van der Waals surface area contributed by atoms with E-state index in [9.17, 15) is 14.9 Å². The fourth-order valence-corrected chi connectivity index (χ4v) is 1.96. The molecular formula is C15H15N3O3. The molecule has 0 saturated carbocycles. The van der Waals surface area contributed by atoms with Gasteiger partial charge in [0.2, 0.25) is 0 Å². The van der Waals surface area contributed by atoms with Crippen LogP contribution in [0.2, 0.25) is 0 Å². The lowest BCUT2D eigenvalue weighted by Crippen LogP contribution is -2.26. The van der Waals surface area contributed by atoms with Crippen LogP contribution in [-0.2, 0) is 6.42 Å². The Kier molecular flexibility index (Phi) is 4.50. The molecule has 0 radical (unpaired) electrons. The molecule has 0 atom stereocenters. The number of nitro benzene ring substituents is 1. The average molecular weight is 285 g/mol. The molecule has 0 spiro atoms. The van der Waals surface area contributed by atoms with Crippen LogP contribution in [0.5, 0.6) is 0 Å². The van der Waals surface area contributed by atoms with Gasteiger partial charge in [-0.05, 0) is 24.1 Å². The maximum Gasteiger partial charge on any atom is 0.282 e. The Labute approximate surface area is 121 Å². The Morgan fingerprint density at radius 1 is 1.19 bits per heavy atom. The molecule has 2 aromatic carbocycles. The first kappa shape index (κ1) is 14.5. The number of nitrogen functional groups attached to an aromatic ring is 1. The first-order valence-corrected chi connectivity index (χ1v) is 6.44. The Bertz CT molecular complexity index is 656. The summed E-state index contributed by atoms with van der Waals surface area (Å²) in [7, 11) is 0. The Balaban J connectivity index is 2.03. The van der Waals surface area contributed by atoms with Crippen LogP contribution < -0.4 is 11.1 Å². The highest BCUT2D eigenvalue weighted by molar-refractivity contribution is 5.99. The molecule has 6 nitrogen and oxygen atoms in total. The van der Waals surface area contributed by atoms with E-state index in [0.29, 0.717) is 18.7 Å². The normalized spacial score (nSPS) is 10.1. The van der Waals surface area contributed by atoms with E-state index >= 15 is 0 Å². The van der Waals surface area contributed by atoms with Gasteiger partial charge < -0.3 is 11.1 Å². The summed E-state index contributed by atoms with van der Waals surface area (Å²) in [6.07, 6.45) is 0.655. The summed E-state index contributed by atoms with van der Waals surface area (Å²) in [4.78, 5) is 22.4. The summed E-state index contributed by atoms with van der Waals surface area (Å²) >= 11 is 0. The summed E-state index contributed by atoms with van der Waals surface area (Å²) in [5.74, 6) is -0.495. The minimum absolute atomic E-state index is 0.0203. The van der Waals surface area contributed by atoms with E-state index in [1.54, 1.807) is 0 Å². The largest absolute Gasteiger partial charge is 0.399 e. The van der Waals surface area contributed by atoms with E-state index in [0.717, 1.165) is 5.56 Å². The number of carbonyl (C=O) groups excluding carboxylic acids is 1. The lowest BCUT2D eigenvalue weighted by Gasteiger charge is -2.06. The predicted octanol–water partition coefficient (Wildman–Crippen LogP) is 2.15. The third kappa shape index (κ3) is 3.79. The second-order valence-corrected chi connectivity index (χ2v) is 4.53. The number of nitrogens with zero attached hydrogens (tertiary/aromatic N) is 1. The zero-order valence-corrected chi connectivity index (χ0v) is 11.3. The molecule has 108 valence electrons. The Morgan fingerprint density at radius 3 is 2.57 bits per heavy atom. The fourth-order valence-electron chi connectivity index (χ4n) is 1.96. The molecule has 6 heteroatoms. The van der Waals surface area contributed by atoms with Crippen molar-refractivity contribution >= 4 is 17.3 Å². The lowest BCUT2D eigenvalue weighted by molar-refractivity contribution is -0.385. The predicted molar refractivity (Wildman–Crippen MR) is 80.0 cm³/mol. The van der Waals surface area contributed by atoms with Gasteiger partial charge in [-0.1, -0.05) is 30.3 Å². The van der Waals surface area contributed by atoms with Crippen molar-refractivity contribution in [1.29, 1.82) is 0 Å².